The highest BCUT2D eigenvalue weighted by molar-refractivity contribution is 5.44. The number of fused-ring (bicyclic) bond motifs is 1. The Kier molecular flexibility index (Phi) is 3.84. The van der Waals surface area contributed by atoms with E-state index >= 15 is 0 Å². The lowest BCUT2D eigenvalue weighted by Crippen LogP contribution is -2.23. The van der Waals surface area contributed by atoms with Crippen molar-refractivity contribution in [3.63, 3.8) is 0 Å². The molecule has 1 unspecified atom stereocenters. The Morgan fingerprint density at radius 2 is 2.00 bits per heavy atom. The third kappa shape index (κ3) is 2.74. The summed E-state index contributed by atoms with van der Waals surface area (Å²) in [5, 5.41) is 0. The fraction of sp³-hybridized carbons (Fsp3) is 0.333. The van der Waals surface area contributed by atoms with Crippen LogP contribution in [0.2, 0.25) is 0 Å². The molecule has 110 valence electrons. The summed E-state index contributed by atoms with van der Waals surface area (Å²) in [5.41, 5.74) is 9.79. The van der Waals surface area contributed by atoms with Gasteiger partial charge in [-0.2, -0.15) is 0 Å². The van der Waals surface area contributed by atoms with Gasteiger partial charge in [0.2, 0.25) is 0 Å². The van der Waals surface area contributed by atoms with Crippen LogP contribution in [0.15, 0.2) is 42.5 Å². The van der Waals surface area contributed by atoms with E-state index in [1.165, 1.54) is 11.1 Å². The highest BCUT2D eigenvalue weighted by Crippen LogP contribution is 2.36. The minimum absolute atomic E-state index is 0.00791. The molecule has 3 rings (SSSR count). The van der Waals surface area contributed by atoms with E-state index in [1.807, 2.05) is 25.1 Å². The Balaban J connectivity index is 1.69. The largest absolute Gasteiger partial charge is 0.493 e. The molecule has 21 heavy (non-hydrogen) atoms. The lowest BCUT2D eigenvalue weighted by molar-refractivity contribution is 0.260. The van der Waals surface area contributed by atoms with Crippen LogP contribution in [0, 0.1) is 0 Å². The van der Waals surface area contributed by atoms with Gasteiger partial charge in [-0.3, -0.25) is 0 Å². The van der Waals surface area contributed by atoms with Gasteiger partial charge in [0.05, 0.1) is 13.7 Å². The molecule has 0 saturated heterocycles. The summed E-state index contributed by atoms with van der Waals surface area (Å²) < 4.78 is 11.4. The van der Waals surface area contributed by atoms with Gasteiger partial charge in [-0.1, -0.05) is 30.3 Å². The summed E-state index contributed by atoms with van der Waals surface area (Å²) in [6, 6.07) is 14.4. The number of hydrogen-bond acceptors (Lipinski definition) is 3. The molecule has 2 aromatic rings. The fourth-order valence-electron chi connectivity index (χ4n) is 2.79. The molecule has 1 aliphatic carbocycles. The summed E-state index contributed by atoms with van der Waals surface area (Å²) in [6.07, 6.45) is 1.09. The molecule has 0 saturated carbocycles. The molecule has 3 nitrogen and oxygen atoms in total. The molecule has 0 aromatic heterocycles. The van der Waals surface area contributed by atoms with Crippen molar-refractivity contribution in [2.75, 3.05) is 13.7 Å². The Morgan fingerprint density at radius 1 is 1.19 bits per heavy atom. The van der Waals surface area contributed by atoms with Gasteiger partial charge in [-0.15, -0.1) is 0 Å². The number of hydrogen-bond donors (Lipinski definition) is 1. The summed E-state index contributed by atoms with van der Waals surface area (Å²) in [5.74, 6) is 2.02. The van der Waals surface area contributed by atoms with Crippen LogP contribution in [-0.2, 0) is 6.42 Å². The maximum absolute atomic E-state index is 5.96. The number of rotatable bonds is 5. The highest BCUT2D eigenvalue weighted by atomic mass is 16.5. The Morgan fingerprint density at radius 3 is 2.71 bits per heavy atom. The van der Waals surface area contributed by atoms with Gasteiger partial charge in [0.25, 0.3) is 0 Å². The van der Waals surface area contributed by atoms with Gasteiger partial charge < -0.3 is 15.2 Å². The van der Waals surface area contributed by atoms with E-state index in [2.05, 4.69) is 24.3 Å². The maximum atomic E-state index is 5.96. The molecule has 0 radical (unpaired) electrons. The predicted octanol–water partition coefficient (Wildman–Crippen LogP) is 3.43. The summed E-state index contributed by atoms with van der Waals surface area (Å²) in [4.78, 5) is 0. The van der Waals surface area contributed by atoms with Gasteiger partial charge in [-0.25, -0.2) is 0 Å². The van der Waals surface area contributed by atoms with Crippen molar-refractivity contribution in [2.24, 2.45) is 5.73 Å². The van der Waals surface area contributed by atoms with Crippen molar-refractivity contribution >= 4 is 0 Å². The zero-order valence-corrected chi connectivity index (χ0v) is 12.5. The van der Waals surface area contributed by atoms with E-state index in [0.29, 0.717) is 12.5 Å². The van der Waals surface area contributed by atoms with E-state index in [1.54, 1.807) is 7.11 Å². The van der Waals surface area contributed by atoms with E-state index < -0.39 is 0 Å². The van der Waals surface area contributed by atoms with Crippen LogP contribution in [0.25, 0.3) is 0 Å². The van der Waals surface area contributed by atoms with Gasteiger partial charge in [-0.05, 0) is 42.2 Å². The van der Waals surface area contributed by atoms with E-state index in [-0.39, 0.29) is 6.04 Å². The quantitative estimate of drug-likeness (QED) is 0.914. The number of methoxy groups -OCH3 is 1. The van der Waals surface area contributed by atoms with Crippen molar-refractivity contribution in [3.05, 3.63) is 59.2 Å². The lowest BCUT2D eigenvalue weighted by Gasteiger charge is -2.30. The molecule has 0 amide bonds. The number of benzene rings is 2. The molecule has 2 N–H and O–H groups in total. The van der Waals surface area contributed by atoms with Crippen LogP contribution in [0.5, 0.6) is 11.5 Å². The van der Waals surface area contributed by atoms with Crippen LogP contribution < -0.4 is 15.2 Å². The third-order valence-corrected chi connectivity index (χ3v) is 4.11. The average Bonchev–Trinajstić information content (AvgIpc) is 2.48. The molecule has 2 aromatic carbocycles. The van der Waals surface area contributed by atoms with E-state index in [0.717, 1.165) is 23.5 Å². The summed E-state index contributed by atoms with van der Waals surface area (Å²) in [6.45, 7) is 2.64. The summed E-state index contributed by atoms with van der Waals surface area (Å²) in [7, 11) is 1.66. The number of nitrogens with two attached hydrogens (primary N) is 1. The molecule has 2 atom stereocenters. The van der Waals surface area contributed by atoms with Gasteiger partial charge in [0.15, 0.2) is 11.5 Å². The van der Waals surface area contributed by atoms with Crippen LogP contribution in [0.1, 0.15) is 35.6 Å². The first-order valence-corrected chi connectivity index (χ1v) is 7.33. The van der Waals surface area contributed by atoms with E-state index in [9.17, 15) is 0 Å². The Bertz CT molecular complexity index is 637. The smallest absolute Gasteiger partial charge is 0.161 e. The zero-order chi connectivity index (χ0) is 14.8. The standard InChI is InChI=1S/C18H21NO2/c1-12(19)13-7-8-17(18(10-13)20-2)21-11-15-9-14-5-3-4-6-16(14)15/h3-8,10,12,15H,9,11,19H2,1-2H3/t12-,15?/m0/s1. The molecule has 0 fully saturated rings. The SMILES string of the molecule is COc1cc([C@H](C)N)ccc1OCC1Cc2ccccc21. The molecule has 0 bridgehead atoms. The Hall–Kier alpha value is -2.00. The second-order valence-corrected chi connectivity index (χ2v) is 5.61. The van der Waals surface area contributed by atoms with Crippen molar-refractivity contribution < 1.29 is 9.47 Å². The normalized spacial score (nSPS) is 17.6. The van der Waals surface area contributed by atoms with Crippen molar-refractivity contribution in [1.29, 1.82) is 0 Å². The first-order valence-electron chi connectivity index (χ1n) is 7.33. The minimum Gasteiger partial charge on any atom is -0.493 e. The van der Waals surface area contributed by atoms with Crippen LogP contribution in [0.4, 0.5) is 0 Å². The first kappa shape index (κ1) is 14.0. The molecule has 1 aliphatic rings. The van der Waals surface area contributed by atoms with Crippen LogP contribution in [0.3, 0.4) is 0 Å². The average molecular weight is 283 g/mol. The molecule has 3 heteroatoms. The molecule has 0 aliphatic heterocycles. The lowest BCUT2D eigenvalue weighted by atomic mass is 9.78. The fourth-order valence-corrected chi connectivity index (χ4v) is 2.79. The topological polar surface area (TPSA) is 44.5 Å². The van der Waals surface area contributed by atoms with Crippen molar-refractivity contribution in [1.82, 2.24) is 0 Å². The van der Waals surface area contributed by atoms with E-state index in [4.69, 9.17) is 15.2 Å². The maximum Gasteiger partial charge on any atom is 0.161 e. The molecule has 0 spiro atoms. The molecular weight excluding hydrogens is 262 g/mol. The second-order valence-electron chi connectivity index (χ2n) is 5.61. The van der Waals surface area contributed by atoms with Crippen molar-refractivity contribution in [2.45, 2.75) is 25.3 Å². The third-order valence-electron chi connectivity index (χ3n) is 4.11. The zero-order valence-electron chi connectivity index (χ0n) is 12.5. The van der Waals surface area contributed by atoms with Gasteiger partial charge in [0.1, 0.15) is 0 Å². The molecular formula is C18H21NO2. The van der Waals surface area contributed by atoms with Crippen LogP contribution >= 0.6 is 0 Å². The first-order chi connectivity index (χ1) is 10.2. The Labute approximate surface area is 125 Å². The second kappa shape index (κ2) is 5.78. The van der Waals surface area contributed by atoms with Crippen molar-refractivity contribution in [3.8, 4) is 11.5 Å². The minimum atomic E-state index is -0.00791. The molecule has 0 heterocycles. The highest BCUT2D eigenvalue weighted by Gasteiger charge is 2.26. The van der Waals surface area contributed by atoms with Gasteiger partial charge in [0, 0.05) is 12.0 Å². The summed E-state index contributed by atoms with van der Waals surface area (Å²) >= 11 is 0. The van der Waals surface area contributed by atoms with Gasteiger partial charge >= 0.3 is 0 Å². The predicted molar refractivity (Wildman–Crippen MR) is 84.0 cm³/mol. The monoisotopic (exact) mass is 283 g/mol. The van der Waals surface area contributed by atoms with Crippen LogP contribution in [-0.4, -0.2) is 13.7 Å². The number of ether oxygens (including phenoxy) is 2.